The standard InChI is InChI=1S/C29H26N2O4S2/c1-35-28(34)23-16-14-21(15-17-23)19-25-27(33)30(29(36)37-25)18-8-13-26(32)31(24-11-6-3-7-12-24)20-22-9-4-2-5-10-22/h2-7,9-12,14-17,19H,8,13,18,20H2,1H3. The third-order valence-electron chi connectivity index (χ3n) is 5.83. The van der Waals surface area contributed by atoms with E-state index in [1.165, 1.54) is 18.9 Å². The highest BCUT2D eigenvalue weighted by atomic mass is 32.2. The third-order valence-corrected chi connectivity index (χ3v) is 7.21. The van der Waals surface area contributed by atoms with Crippen LogP contribution in [0.4, 0.5) is 5.69 Å². The van der Waals surface area contributed by atoms with Gasteiger partial charge in [0.15, 0.2) is 0 Å². The van der Waals surface area contributed by atoms with Gasteiger partial charge >= 0.3 is 5.97 Å². The second kappa shape index (κ2) is 12.5. The van der Waals surface area contributed by atoms with E-state index in [-0.39, 0.29) is 18.2 Å². The first-order valence-corrected chi connectivity index (χ1v) is 13.0. The summed E-state index contributed by atoms with van der Waals surface area (Å²) >= 11 is 6.68. The largest absolute Gasteiger partial charge is 0.465 e. The first-order chi connectivity index (χ1) is 18.0. The van der Waals surface area contributed by atoms with E-state index in [1.54, 1.807) is 40.1 Å². The molecule has 2 amide bonds. The molecule has 0 unspecified atom stereocenters. The molecule has 188 valence electrons. The van der Waals surface area contributed by atoms with Gasteiger partial charge in [-0.1, -0.05) is 84.6 Å². The van der Waals surface area contributed by atoms with Crippen molar-refractivity contribution in [1.29, 1.82) is 0 Å². The number of thioether (sulfide) groups is 1. The molecule has 1 heterocycles. The molecule has 0 aliphatic carbocycles. The summed E-state index contributed by atoms with van der Waals surface area (Å²) in [5.41, 5.74) is 3.10. The number of anilines is 1. The minimum absolute atomic E-state index is 0.0123. The third kappa shape index (κ3) is 6.72. The molecule has 8 heteroatoms. The first kappa shape index (κ1) is 26.3. The lowest BCUT2D eigenvalue weighted by molar-refractivity contribution is -0.123. The topological polar surface area (TPSA) is 66.9 Å². The Morgan fingerprint density at radius 3 is 2.27 bits per heavy atom. The molecule has 37 heavy (non-hydrogen) atoms. The molecular weight excluding hydrogens is 504 g/mol. The molecule has 0 spiro atoms. The monoisotopic (exact) mass is 530 g/mol. The molecule has 0 radical (unpaired) electrons. The summed E-state index contributed by atoms with van der Waals surface area (Å²) in [7, 11) is 1.33. The van der Waals surface area contributed by atoms with Gasteiger partial charge in [-0.25, -0.2) is 4.79 Å². The fourth-order valence-electron chi connectivity index (χ4n) is 3.90. The van der Waals surface area contributed by atoms with E-state index < -0.39 is 5.97 Å². The number of amides is 2. The SMILES string of the molecule is COC(=O)c1ccc(C=C2SC(=S)N(CCCC(=O)N(Cc3ccccc3)c3ccccc3)C2=O)cc1. The van der Waals surface area contributed by atoms with Crippen molar-refractivity contribution >= 4 is 57.8 Å². The zero-order chi connectivity index (χ0) is 26.2. The maximum absolute atomic E-state index is 13.2. The van der Waals surface area contributed by atoms with Crippen LogP contribution in [-0.2, 0) is 20.9 Å². The Hall–Kier alpha value is -3.75. The Morgan fingerprint density at radius 1 is 0.973 bits per heavy atom. The van der Waals surface area contributed by atoms with E-state index in [2.05, 4.69) is 0 Å². The van der Waals surface area contributed by atoms with Gasteiger partial charge in [0.05, 0.1) is 24.1 Å². The minimum atomic E-state index is -0.415. The molecule has 1 aliphatic heterocycles. The van der Waals surface area contributed by atoms with Crippen molar-refractivity contribution in [2.75, 3.05) is 18.6 Å². The van der Waals surface area contributed by atoms with Crippen LogP contribution in [0.3, 0.4) is 0 Å². The van der Waals surface area contributed by atoms with Crippen molar-refractivity contribution in [3.8, 4) is 0 Å². The summed E-state index contributed by atoms with van der Waals surface area (Å²) in [6.45, 7) is 0.839. The number of nitrogens with zero attached hydrogens (tertiary/aromatic N) is 2. The zero-order valence-corrected chi connectivity index (χ0v) is 22.0. The summed E-state index contributed by atoms with van der Waals surface area (Å²) in [5.74, 6) is -0.604. The lowest BCUT2D eigenvalue weighted by Crippen LogP contribution is -2.33. The number of benzene rings is 3. The molecule has 3 aromatic carbocycles. The first-order valence-electron chi connectivity index (χ1n) is 11.8. The average Bonchev–Trinajstić information content (AvgIpc) is 3.20. The van der Waals surface area contributed by atoms with Crippen molar-refractivity contribution in [3.05, 3.63) is 107 Å². The van der Waals surface area contributed by atoms with Crippen molar-refractivity contribution in [3.63, 3.8) is 0 Å². The molecule has 1 saturated heterocycles. The van der Waals surface area contributed by atoms with Crippen LogP contribution in [-0.4, -0.2) is 40.7 Å². The number of methoxy groups -OCH3 is 1. The van der Waals surface area contributed by atoms with Crippen LogP contribution in [0.15, 0.2) is 89.8 Å². The predicted octanol–water partition coefficient (Wildman–Crippen LogP) is 5.69. The Labute approximate surface area is 225 Å². The van der Waals surface area contributed by atoms with Gasteiger partial charge in [-0.05, 0) is 47.9 Å². The van der Waals surface area contributed by atoms with E-state index in [1.807, 2.05) is 60.7 Å². The summed E-state index contributed by atoms with van der Waals surface area (Å²) in [4.78, 5) is 41.7. The lowest BCUT2D eigenvalue weighted by atomic mass is 10.1. The van der Waals surface area contributed by atoms with Gasteiger partial charge < -0.3 is 9.64 Å². The van der Waals surface area contributed by atoms with Crippen LogP contribution in [0, 0.1) is 0 Å². The second-order valence-corrected chi connectivity index (χ2v) is 10.0. The molecule has 3 aromatic rings. The Bertz CT molecular complexity index is 1310. The number of para-hydroxylation sites is 1. The molecule has 0 saturated carbocycles. The van der Waals surface area contributed by atoms with Crippen molar-refractivity contribution < 1.29 is 19.1 Å². The molecular formula is C29H26N2O4S2. The summed E-state index contributed by atoms with van der Waals surface area (Å²) in [5, 5.41) is 0. The molecule has 0 N–H and O–H groups in total. The maximum atomic E-state index is 13.2. The summed E-state index contributed by atoms with van der Waals surface area (Å²) in [6.07, 6.45) is 2.53. The molecule has 4 rings (SSSR count). The molecule has 0 aromatic heterocycles. The van der Waals surface area contributed by atoms with Gasteiger partial charge in [-0.2, -0.15) is 0 Å². The van der Waals surface area contributed by atoms with Gasteiger partial charge in [-0.15, -0.1) is 0 Å². The number of carbonyl (C=O) groups excluding carboxylic acids is 3. The highest BCUT2D eigenvalue weighted by Gasteiger charge is 2.31. The molecule has 0 bridgehead atoms. The average molecular weight is 531 g/mol. The van der Waals surface area contributed by atoms with Crippen LogP contribution in [0.2, 0.25) is 0 Å². The van der Waals surface area contributed by atoms with Crippen LogP contribution in [0.1, 0.15) is 34.3 Å². The molecule has 1 fully saturated rings. The highest BCUT2D eigenvalue weighted by molar-refractivity contribution is 8.26. The number of thiocarbonyl (C=S) groups is 1. The van der Waals surface area contributed by atoms with Gasteiger partial charge in [0.1, 0.15) is 4.32 Å². The number of rotatable bonds is 9. The highest BCUT2D eigenvalue weighted by Crippen LogP contribution is 2.33. The van der Waals surface area contributed by atoms with Gasteiger partial charge in [0.25, 0.3) is 5.91 Å². The summed E-state index contributed by atoms with van der Waals surface area (Å²) < 4.78 is 5.19. The van der Waals surface area contributed by atoms with Crippen LogP contribution < -0.4 is 4.90 Å². The van der Waals surface area contributed by atoms with Gasteiger partial charge in [0.2, 0.25) is 5.91 Å². The Morgan fingerprint density at radius 2 is 1.62 bits per heavy atom. The summed E-state index contributed by atoms with van der Waals surface area (Å²) in [6, 6.07) is 26.3. The van der Waals surface area contributed by atoms with Crippen LogP contribution in [0.25, 0.3) is 6.08 Å². The number of esters is 1. The second-order valence-electron chi connectivity index (χ2n) is 8.35. The fraction of sp³-hybridized carbons (Fsp3) is 0.172. The Balaban J connectivity index is 1.38. The van der Waals surface area contributed by atoms with Gasteiger partial charge in [-0.3, -0.25) is 14.5 Å². The van der Waals surface area contributed by atoms with Crippen molar-refractivity contribution in [1.82, 2.24) is 4.90 Å². The lowest BCUT2D eigenvalue weighted by Gasteiger charge is -2.24. The van der Waals surface area contributed by atoms with E-state index in [0.717, 1.165) is 16.8 Å². The Kier molecular flexibility index (Phi) is 8.87. The quantitative estimate of drug-likeness (QED) is 0.201. The zero-order valence-electron chi connectivity index (χ0n) is 20.3. The van der Waals surface area contributed by atoms with E-state index in [4.69, 9.17) is 17.0 Å². The van der Waals surface area contributed by atoms with E-state index in [9.17, 15) is 14.4 Å². The molecule has 1 aliphatic rings. The van der Waals surface area contributed by atoms with Crippen molar-refractivity contribution in [2.45, 2.75) is 19.4 Å². The van der Waals surface area contributed by atoms with Crippen LogP contribution >= 0.6 is 24.0 Å². The fourth-order valence-corrected chi connectivity index (χ4v) is 5.21. The number of carbonyl (C=O) groups is 3. The molecule has 6 nitrogen and oxygen atoms in total. The number of hydrogen-bond acceptors (Lipinski definition) is 6. The molecule has 0 atom stereocenters. The van der Waals surface area contributed by atoms with Crippen LogP contribution in [0.5, 0.6) is 0 Å². The van der Waals surface area contributed by atoms with Gasteiger partial charge in [0, 0.05) is 18.7 Å². The number of hydrogen-bond donors (Lipinski definition) is 0. The predicted molar refractivity (Wildman–Crippen MR) is 151 cm³/mol. The van der Waals surface area contributed by atoms with Crippen molar-refractivity contribution in [2.24, 2.45) is 0 Å². The smallest absolute Gasteiger partial charge is 0.337 e. The maximum Gasteiger partial charge on any atom is 0.337 e. The van der Waals surface area contributed by atoms with E-state index in [0.29, 0.717) is 34.3 Å². The number of ether oxygens (including phenoxy) is 1. The van der Waals surface area contributed by atoms with E-state index >= 15 is 0 Å². The normalized spacial score (nSPS) is 14.2. The minimum Gasteiger partial charge on any atom is -0.465 e.